The normalized spacial score (nSPS) is 35.0. The summed E-state index contributed by atoms with van der Waals surface area (Å²) in [5.74, 6) is -1.74. The Kier molecular flexibility index (Phi) is 19.5. The van der Waals surface area contributed by atoms with Gasteiger partial charge in [-0.15, -0.1) is 0 Å². The maximum atomic E-state index is 14.4. The van der Waals surface area contributed by atoms with Crippen LogP contribution in [0, 0.1) is 40.4 Å². The molecular formula is C60H82N2O18. The van der Waals surface area contributed by atoms with E-state index in [4.69, 9.17) is 42.6 Å². The first kappa shape index (κ1) is 60.6. The smallest absolute Gasteiger partial charge is 0.407 e. The van der Waals surface area contributed by atoms with E-state index < -0.39 is 110 Å². The minimum atomic E-state index is -1.74. The van der Waals surface area contributed by atoms with Gasteiger partial charge < -0.3 is 73.7 Å². The molecule has 2 aliphatic heterocycles. The number of nitrogens with one attached hydrogen (secondary N) is 2. The fourth-order valence-corrected chi connectivity index (χ4v) is 13.7. The van der Waals surface area contributed by atoms with E-state index in [2.05, 4.69) is 37.1 Å². The number of benzene rings is 2. The molecule has 20 nitrogen and oxygen atoms in total. The van der Waals surface area contributed by atoms with Crippen LogP contribution in [0.4, 0.5) is 9.59 Å². The lowest BCUT2D eigenvalue weighted by Crippen LogP contribution is -2.64. The van der Waals surface area contributed by atoms with Crippen LogP contribution in [0.3, 0.4) is 0 Å². The van der Waals surface area contributed by atoms with Crippen LogP contribution >= 0.6 is 0 Å². The molecule has 2 aromatic rings. The molecule has 8 rings (SSSR count). The standard InChI is InChI=1S/C60H82N2O18/c1-9-26-73-56(69)61-29-36-11-13-37(14-12-36)30-62-57(70)80-50-47(67)32-75-55(52(50)78-53(68)38-15-18-41(72-8)19-16-38)79-49-46(66)31-74-54(51(49)76-35(5)63)77-48-28-44-42-20-17-39-27-40(64)22-24-58(39,6)43(42)23-25-59(44,7)60(48,71)34(4)45(65)21-10-33(2)3/h9,11-19,33-34,40,42-44,46-52,54-55,64,66-67,71H,1,10,20-32H2,2-8H3,(H,61,69)(H,62,70)/t34-,40+,42-,43?,44+,46?,47?,48+,49?,50?,51?,52?,54?,55?,58+,59+,60-/m1/s1. The maximum Gasteiger partial charge on any atom is 0.407 e. The summed E-state index contributed by atoms with van der Waals surface area (Å²) in [4.78, 5) is 67.0. The Bertz CT molecular complexity index is 2540. The van der Waals surface area contributed by atoms with Crippen molar-refractivity contribution in [3.05, 3.63) is 89.5 Å². The molecule has 20 heteroatoms. The van der Waals surface area contributed by atoms with Crippen LogP contribution in [0.5, 0.6) is 5.75 Å². The molecule has 2 aromatic carbocycles. The Morgan fingerprint density at radius 1 is 0.787 bits per heavy atom. The molecule has 0 radical (unpaired) electrons. The van der Waals surface area contributed by atoms with Gasteiger partial charge >= 0.3 is 24.1 Å². The van der Waals surface area contributed by atoms with E-state index in [0.717, 1.165) is 31.7 Å². The minimum absolute atomic E-state index is 0.0340. The fraction of sp³-hybridized carbons (Fsp3) is 0.650. The topological polar surface area (TPSA) is 273 Å². The Morgan fingerprint density at radius 2 is 1.41 bits per heavy atom. The average Bonchev–Trinajstić information content (AvgIpc) is 3.73. The Morgan fingerprint density at radius 3 is 2.04 bits per heavy atom. The van der Waals surface area contributed by atoms with E-state index in [-0.39, 0.29) is 72.7 Å². The van der Waals surface area contributed by atoms with Crippen LogP contribution in [0.15, 0.2) is 72.8 Å². The van der Waals surface area contributed by atoms with Gasteiger partial charge in [-0.1, -0.05) is 83.2 Å². The van der Waals surface area contributed by atoms with Crippen molar-refractivity contribution >= 4 is 29.9 Å². The maximum absolute atomic E-state index is 14.4. The number of esters is 2. The lowest BCUT2D eigenvalue weighted by molar-refractivity contribution is -0.344. The Labute approximate surface area is 468 Å². The summed E-state index contributed by atoms with van der Waals surface area (Å²) in [6.07, 6.45) is -6.48. The van der Waals surface area contributed by atoms with Crippen molar-refractivity contribution in [1.82, 2.24) is 10.6 Å². The second-order valence-electron chi connectivity index (χ2n) is 23.5. The van der Waals surface area contributed by atoms with E-state index in [1.54, 1.807) is 31.2 Å². The van der Waals surface area contributed by atoms with Gasteiger partial charge in [0, 0.05) is 37.8 Å². The highest BCUT2D eigenvalue weighted by atomic mass is 16.8. The predicted octanol–water partition coefficient (Wildman–Crippen LogP) is 6.37. The number of ketones is 1. The number of rotatable bonds is 20. The zero-order valence-corrected chi connectivity index (χ0v) is 47.0. The van der Waals surface area contributed by atoms with Crippen molar-refractivity contribution in [2.24, 2.45) is 40.4 Å². The summed E-state index contributed by atoms with van der Waals surface area (Å²) in [6.45, 7) is 14.2. The summed E-state index contributed by atoms with van der Waals surface area (Å²) in [7, 11) is 1.46. The number of carbonyl (C=O) groups excluding carboxylic acids is 5. The number of Topliss-reactive ketones (excluding diaryl/α,β-unsaturated/α-hetero) is 1. The molecule has 6 aliphatic rings. The SMILES string of the molecule is C=CCOC(=O)NCc1ccc(CNC(=O)OC2C(O)COC(OC3C(O)COC(O[C@H]4C[C@H]5[C@@H]6CC=C7C[C@@H](O)CC[C@]7(C)C6CC[C@]5(C)[C@@]4(O)[C@H](C)C(=O)CCC(C)C)C3OC(C)=O)C2OC(=O)c2ccc(OC)cc2)cc1. The number of hydrogen-bond donors (Lipinski definition) is 6. The van der Waals surface area contributed by atoms with Gasteiger partial charge in [-0.25, -0.2) is 14.4 Å². The van der Waals surface area contributed by atoms with Crippen molar-refractivity contribution in [2.45, 2.75) is 179 Å². The van der Waals surface area contributed by atoms with Gasteiger partial charge in [-0.05, 0) is 116 Å². The summed E-state index contributed by atoms with van der Waals surface area (Å²) in [5, 5.41) is 52.8. The molecule has 9 unspecified atom stereocenters. The Balaban J connectivity index is 1.05. The molecule has 17 atom stereocenters. The van der Waals surface area contributed by atoms with E-state index in [1.165, 1.54) is 43.0 Å². The quantitative estimate of drug-likeness (QED) is 0.0477. The van der Waals surface area contributed by atoms with Gasteiger partial charge in [0.25, 0.3) is 0 Å². The average molecular weight is 1120 g/mol. The third-order valence-electron chi connectivity index (χ3n) is 18.2. The zero-order valence-electron chi connectivity index (χ0n) is 47.0. The number of allylic oxidation sites excluding steroid dienone is 1. The lowest BCUT2D eigenvalue weighted by Gasteiger charge is -2.59. The van der Waals surface area contributed by atoms with Crippen LogP contribution < -0.4 is 15.4 Å². The molecule has 4 aliphatic carbocycles. The molecule has 80 heavy (non-hydrogen) atoms. The predicted molar refractivity (Wildman–Crippen MR) is 287 cm³/mol. The highest BCUT2D eigenvalue weighted by molar-refractivity contribution is 5.89. The van der Waals surface area contributed by atoms with E-state index >= 15 is 0 Å². The van der Waals surface area contributed by atoms with Gasteiger partial charge in [0.15, 0.2) is 30.9 Å². The number of fused-ring (bicyclic) bond motifs is 5. The summed E-state index contributed by atoms with van der Waals surface area (Å²) >= 11 is 0. The Hall–Kier alpha value is -5.45. The van der Waals surface area contributed by atoms with Gasteiger partial charge in [0.2, 0.25) is 0 Å². The third-order valence-corrected chi connectivity index (χ3v) is 18.2. The van der Waals surface area contributed by atoms with Gasteiger partial charge in [-0.3, -0.25) is 9.59 Å². The van der Waals surface area contributed by atoms with Crippen LogP contribution in [-0.4, -0.2) is 144 Å². The second-order valence-corrected chi connectivity index (χ2v) is 23.5. The molecule has 440 valence electrons. The number of aliphatic hydroxyl groups excluding tert-OH is 3. The molecule has 2 heterocycles. The first-order chi connectivity index (χ1) is 38.1. The second kappa shape index (κ2) is 25.8. The molecule has 3 saturated carbocycles. The largest absolute Gasteiger partial charge is 0.497 e. The number of hydrogen-bond acceptors (Lipinski definition) is 18. The molecule has 0 spiro atoms. The molecule has 2 amide bonds. The van der Waals surface area contributed by atoms with Gasteiger partial charge in [-0.2, -0.15) is 0 Å². The third kappa shape index (κ3) is 12.9. The highest BCUT2D eigenvalue weighted by Crippen LogP contribution is 2.69. The summed E-state index contributed by atoms with van der Waals surface area (Å²) < 4.78 is 53.7. The fourth-order valence-electron chi connectivity index (χ4n) is 13.7. The zero-order chi connectivity index (χ0) is 57.7. The molecule has 0 aromatic heterocycles. The van der Waals surface area contributed by atoms with Crippen molar-refractivity contribution in [2.75, 3.05) is 26.9 Å². The van der Waals surface area contributed by atoms with Crippen molar-refractivity contribution in [3.63, 3.8) is 0 Å². The molecule has 6 N–H and O–H groups in total. The van der Waals surface area contributed by atoms with Crippen molar-refractivity contribution in [3.8, 4) is 5.75 Å². The molecule has 5 fully saturated rings. The van der Waals surface area contributed by atoms with E-state index in [1.807, 2.05) is 13.8 Å². The monoisotopic (exact) mass is 1120 g/mol. The number of aliphatic hydroxyl groups is 4. The van der Waals surface area contributed by atoms with Crippen LogP contribution in [-0.2, 0) is 60.6 Å². The first-order valence-electron chi connectivity index (χ1n) is 28.2. The van der Waals surface area contributed by atoms with Gasteiger partial charge in [0.05, 0.1) is 38.1 Å². The van der Waals surface area contributed by atoms with E-state index in [9.17, 15) is 44.4 Å². The minimum Gasteiger partial charge on any atom is -0.497 e. The van der Waals surface area contributed by atoms with Crippen molar-refractivity contribution in [1.29, 1.82) is 0 Å². The lowest BCUT2D eigenvalue weighted by atomic mass is 9.46. The number of carbonyl (C=O) groups is 5. The summed E-state index contributed by atoms with van der Waals surface area (Å²) in [5.41, 5.74) is 0.0660. The van der Waals surface area contributed by atoms with Crippen LogP contribution in [0.1, 0.15) is 121 Å². The van der Waals surface area contributed by atoms with Crippen LogP contribution in [0.25, 0.3) is 0 Å². The molecular weight excluding hydrogens is 1040 g/mol. The van der Waals surface area contributed by atoms with Crippen LogP contribution in [0.2, 0.25) is 0 Å². The summed E-state index contributed by atoms with van der Waals surface area (Å²) in [6, 6.07) is 12.9. The molecule has 0 bridgehead atoms. The molecule has 2 saturated heterocycles. The number of alkyl carbamates (subject to hydrolysis) is 2. The van der Waals surface area contributed by atoms with E-state index in [0.29, 0.717) is 43.4 Å². The number of methoxy groups -OCH3 is 1. The van der Waals surface area contributed by atoms with Crippen molar-refractivity contribution < 1.29 is 87.0 Å². The first-order valence-corrected chi connectivity index (χ1v) is 28.2. The number of ether oxygens (including phenoxy) is 9. The highest BCUT2D eigenvalue weighted by Gasteiger charge is 2.71. The number of amides is 2. The van der Waals surface area contributed by atoms with Gasteiger partial charge in [0.1, 0.15) is 42.1 Å².